The van der Waals surface area contributed by atoms with Crippen LogP contribution in [0.3, 0.4) is 0 Å². The van der Waals surface area contributed by atoms with Crippen molar-refractivity contribution in [1.82, 2.24) is 20.0 Å². The third-order valence-electron chi connectivity index (χ3n) is 5.98. The van der Waals surface area contributed by atoms with Gasteiger partial charge in [0.25, 0.3) is 5.91 Å². The molecule has 1 aliphatic rings. The van der Waals surface area contributed by atoms with Crippen LogP contribution in [0, 0.1) is 12.8 Å². The SMILES string of the molecule is C=CCN1CCN(C(=O)c2cn[nH]c2C)CC(Cc2ccc(-c3ccccc3)cc2)C1=O. The maximum Gasteiger partial charge on any atom is 0.257 e. The Hall–Kier alpha value is -3.67. The summed E-state index contributed by atoms with van der Waals surface area (Å²) in [6.45, 7) is 7.48. The van der Waals surface area contributed by atoms with Crippen LogP contribution in [0.1, 0.15) is 21.6 Å². The number of hydrogen-bond donors (Lipinski definition) is 1. The predicted molar refractivity (Wildman–Crippen MR) is 125 cm³/mol. The summed E-state index contributed by atoms with van der Waals surface area (Å²) < 4.78 is 0. The molecular weight excluding hydrogens is 400 g/mol. The van der Waals surface area contributed by atoms with E-state index in [1.807, 2.05) is 25.1 Å². The highest BCUT2D eigenvalue weighted by Gasteiger charge is 2.32. The van der Waals surface area contributed by atoms with Gasteiger partial charge in [0.1, 0.15) is 0 Å². The van der Waals surface area contributed by atoms with Gasteiger partial charge in [0.05, 0.1) is 17.7 Å². The van der Waals surface area contributed by atoms with Gasteiger partial charge in [-0.25, -0.2) is 0 Å². The van der Waals surface area contributed by atoms with Crippen molar-refractivity contribution in [3.05, 3.63) is 90.3 Å². The summed E-state index contributed by atoms with van der Waals surface area (Å²) in [7, 11) is 0. The molecule has 3 aromatic rings. The van der Waals surface area contributed by atoms with E-state index in [0.717, 1.165) is 22.4 Å². The van der Waals surface area contributed by atoms with Crippen LogP contribution in [0.2, 0.25) is 0 Å². The molecule has 1 aliphatic heterocycles. The average Bonchev–Trinajstić information content (AvgIpc) is 3.19. The van der Waals surface area contributed by atoms with Crippen molar-refractivity contribution in [3.8, 4) is 11.1 Å². The summed E-state index contributed by atoms with van der Waals surface area (Å²) in [5, 5.41) is 6.80. The number of aryl methyl sites for hydroxylation is 1. The first-order valence-corrected chi connectivity index (χ1v) is 10.9. The highest BCUT2D eigenvalue weighted by molar-refractivity contribution is 5.95. The number of nitrogens with one attached hydrogen (secondary N) is 1. The van der Waals surface area contributed by atoms with Gasteiger partial charge in [-0.15, -0.1) is 6.58 Å². The largest absolute Gasteiger partial charge is 0.337 e. The number of amides is 2. The van der Waals surface area contributed by atoms with Gasteiger partial charge in [0, 0.05) is 31.9 Å². The maximum absolute atomic E-state index is 13.3. The fraction of sp³-hybridized carbons (Fsp3) is 0.269. The van der Waals surface area contributed by atoms with Gasteiger partial charge in [-0.05, 0) is 30.0 Å². The van der Waals surface area contributed by atoms with Crippen LogP contribution in [0.4, 0.5) is 0 Å². The van der Waals surface area contributed by atoms with Crippen molar-refractivity contribution >= 4 is 11.8 Å². The summed E-state index contributed by atoms with van der Waals surface area (Å²) in [6.07, 6.45) is 3.88. The minimum Gasteiger partial charge on any atom is -0.337 e. The quantitative estimate of drug-likeness (QED) is 0.609. The number of aromatic amines is 1. The van der Waals surface area contributed by atoms with E-state index in [-0.39, 0.29) is 17.7 Å². The molecule has 32 heavy (non-hydrogen) atoms. The normalized spacial score (nSPS) is 16.7. The maximum atomic E-state index is 13.3. The Morgan fingerprint density at radius 1 is 1.12 bits per heavy atom. The van der Waals surface area contributed by atoms with Crippen molar-refractivity contribution in [3.63, 3.8) is 0 Å². The second kappa shape index (κ2) is 9.64. The van der Waals surface area contributed by atoms with E-state index >= 15 is 0 Å². The Labute approximate surface area is 188 Å². The molecule has 0 bridgehead atoms. The standard InChI is InChI=1S/C26H28N4O2/c1-3-13-29-14-15-30(26(32)24-17-27-28-19(24)2)18-23(25(29)31)16-20-9-11-22(12-10-20)21-7-5-4-6-8-21/h3-12,17,23H,1,13-16,18H2,2H3,(H,27,28). The molecule has 1 aromatic heterocycles. The van der Waals surface area contributed by atoms with Crippen LogP contribution in [0.25, 0.3) is 11.1 Å². The van der Waals surface area contributed by atoms with E-state index in [1.165, 1.54) is 0 Å². The van der Waals surface area contributed by atoms with Gasteiger partial charge in [-0.3, -0.25) is 14.7 Å². The second-order valence-electron chi connectivity index (χ2n) is 8.20. The fourth-order valence-electron chi connectivity index (χ4n) is 4.20. The smallest absolute Gasteiger partial charge is 0.257 e. The van der Waals surface area contributed by atoms with Crippen LogP contribution in [-0.2, 0) is 11.2 Å². The van der Waals surface area contributed by atoms with E-state index in [9.17, 15) is 9.59 Å². The Kier molecular flexibility index (Phi) is 6.50. The van der Waals surface area contributed by atoms with Gasteiger partial charge >= 0.3 is 0 Å². The molecule has 6 nitrogen and oxygen atoms in total. The zero-order valence-electron chi connectivity index (χ0n) is 18.3. The Bertz CT molecular complexity index is 1090. The molecular formula is C26H28N4O2. The molecule has 1 fully saturated rings. The van der Waals surface area contributed by atoms with Crippen molar-refractivity contribution in [2.45, 2.75) is 13.3 Å². The Morgan fingerprint density at radius 2 is 1.84 bits per heavy atom. The lowest BCUT2D eigenvalue weighted by atomic mass is 9.95. The topological polar surface area (TPSA) is 69.3 Å². The predicted octanol–water partition coefficient (Wildman–Crippen LogP) is 3.71. The molecule has 1 atom stereocenters. The third-order valence-corrected chi connectivity index (χ3v) is 5.98. The van der Waals surface area contributed by atoms with Crippen LogP contribution >= 0.6 is 0 Å². The summed E-state index contributed by atoms with van der Waals surface area (Å²) in [5.41, 5.74) is 4.67. The fourth-order valence-corrected chi connectivity index (χ4v) is 4.20. The first-order valence-electron chi connectivity index (χ1n) is 10.9. The van der Waals surface area contributed by atoms with Crippen molar-refractivity contribution in [2.24, 2.45) is 5.92 Å². The molecule has 0 aliphatic carbocycles. The Balaban J connectivity index is 1.55. The van der Waals surface area contributed by atoms with Crippen LogP contribution in [0.15, 0.2) is 73.4 Å². The lowest BCUT2D eigenvalue weighted by Crippen LogP contribution is -2.38. The lowest BCUT2D eigenvalue weighted by Gasteiger charge is -2.23. The number of carbonyl (C=O) groups is 2. The van der Waals surface area contributed by atoms with Gasteiger partial charge in [0.2, 0.25) is 5.91 Å². The second-order valence-corrected chi connectivity index (χ2v) is 8.20. The molecule has 1 unspecified atom stereocenters. The van der Waals surface area contributed by atoms with Gasteiger partial charge < -0.3 is 9.80 Å². The summed E-state index contributed by atoms with van der Waals surface area (Å²) in [4.78, 5) is 30.0. The average molecular weight is 429 g/mol. The van der Waals surface area contributed by atoms with Crippen LogP contribution in [0.5, 0.6) is 0 Å². The number of H-pyrrole nitrogens is 1. The first-order chi connectivity index (χ1) is 15.6. The summed E-state index contributed by atoms with van der Waals surface area (Å²) in [5.74, 6) is -0.332. The van der Waals surface area contributed by atoms with E-state index in [0.29, 0.717) is 38.2 Å². The van der Waals surface area contributed by atoms with E-state index < -0.39 is 0 Å². The van der Waals surface area contributed by atoms with Crippen molar-refractivity contribution in [2.75, 3.05) is 26.2 Å². The molecule has 0 saturated carbocycles. The van der Waals surface area contributed by atoms with Crippen LogP contribution in [-0.4, -0.2) is 58.0 Å². The zero-order valence-corrected chi connectivity index (χ0v) is 18.3. The molecule has 164 valence electrons. The summed E-state index contributed by atoms with van der Waals surface area (Å²) >= 11 is 0. The highest BCUT2D eigenvalue weighted by Crippen LogP contribution is 2.23. The van der Waals surface area contributed by atoms with E-state index in [4.69, 9.17) is 0 Å². The third kappa shape index (κ3) is 4.64. The monoisotopic (exact) mass is 428 g/mol. The number of carbonyl (C=O) groups excluding carboxylic acids is 2. The molecule has 0 spiro atoms. The molecule has 2 heterocycles. The number of nitrogens with zero attached hydrogens (tertiary/aromatic N) is 3. The van der Waals surface area contributed by atoms with Crippen molar-refractivity contribution in [1.29, 1.82) is 0 Å². The van der Waals surface area contributed by atoms with E-state index in [1.54, 1.807) is 22.1 Å². The van der Waals surface area contributed by atoms with Crippen molar-refractivity contribution < 1.29 is 9.59 Å². The van der Waals surface area contributed by atoms with Gasteiger partial charge in [-0.1, -0.05) is 60.7 Å². The minimum atomic E-state index is -0.309. The number of hydrogen-bond acceptors (Lipinski definition) is 3. The number of benzene rings is 2. The molecule has 1 saturated heterocycles. The van der Waals surface area contributed by atoms with E-state index in [2.05, 4.69) is 53.2 Å². The lowest BCUT2D eigenvalue weighted by molar-refractivity contribution is -0.134. The molecule has 4 rings (SSSR count). The van der Waals surface area contributed by atoms with Gasteiger partial charge in [-0.2, -0.15) is 5.10 Å². The number of aromatic nitrogens is 2. The molecule has 2 aromatic carbocycles. The molecule has 1 N–H and O–H groups in total. The molecule has 2 amide bonds. The van der Waals surface area contributed by atoms with Gasteiger partial charge in [0.15, 0.2) is 0 Å². The Morgan fingerprint density at radius 3 is 2.50 bits per heavy atom. The zero-order chi connectivity index (χ0) is 22.5. The van der Waals surface area contributed by atoms with Crippen LogP contribution < -0.4 is 0 Å². The number of rotatable bonds is 6. The molecule has 0 radical (unpaired) electrons. The first kappa shape index (κ1) is 21.6. The minimum absolute atomic E-state index is 0.0660. The molecule has 6 heteroatoms. The summed E-state index contributed by atoms with van der Waals surface area (Å²) in [6, 6.07) is 18.5. The highest BCUT2D eigenvalue weighted by atomic mass is 16.2.